The summed E-state index contributed by atoms with van der Waals surface area (Å²) in [6.45, 7) is 7.87. The number of carbonyl (C=O) groups is 3. The number of nitrogens with zero attached hydrogens (tertiary/aromatic N) is 1. The molecule has 9 aromatic rings. The third-order valence-electron chi connectivity index (χ3n) is 14.9. The van der Waals surface area contributed by atoms with Gasteiger partial charge in [-0.1, -0.05) is 182 Å². The standard InChI is InChI=1S/C34H35NO7S.C33H32N2O5S.C2H4O2.CH4N2/c1-34(41-20-26-16-10-5-11-17-26)31(40-19-25-14-8-4-9-15-25)28(21-39-18-24-12-6-3-7-13-24)42-32(34)30-29(35-23-36)27(22-43-30)33(37)38-2;1-33(39-19-25-15-9-4-10-16-25)30(38-18-24-13-7-3-8-14-24)27(20-37-17-23-11-5-2-6-12-23)40-31(33)29-28-26(21-41-29)32(36)35-22-34-28;1-2(3)4;2-1-3/h3-17,22-23,28,31-32H,18-21H2,1-2H3,(H,35,36);2-16,21-22,27,30-31H,17-20H2,1H3,(H,34,35,36);1H3,(H,3,4);1H,(H3,2,3)/t28-,31-,32?,34-;27-,30-,31+,33-;;/m11../s1. The van der Waals surface area contributed by atoms with Gasteiger partial charge < -0.3 is 63.8 Å². The van der Waals surface area contributed by atoms with E-state index < -0.39 is 59.8 Å². The van der Waals surface area contributed by atoms with Crippen molar-refractivity contribution >= 4 is 64.0 Å². The summed E-state index contributed by atoms with van der Waals surface area (Å²) in [7, 11) is 1.30. The first-order valence-corrected chi connectivity index (χ1v) is 31.0. The largest absolute Gasteiger partial charge is 0.481 e. The van der Waals surface area contributed by atoms with Crippen LogP contribution in [0.15, 0.2) is 204 Å². The predicted octanol–water partition coefficient (Wildman–Crippen LogP) is 12.2. The van der Waals surface area contributed by atoms with E-state index in [2.05, 4.69) is 21.0 Å². The van der Waals surface area contributed by atoms with Crippen molar-refractivity contribution < 1.29 is 62.1 Å². The van der Waals surface area contributed by atoms with Crippen LogP contribution in [0.4, 0.5) is 5.69 Å². The lowest BCUT2D eigenvalue weighted by Crippen LogP contribution is -2.47. The summed E-state index contributed by atoms with van der Waals surface area (Å²) in [5, 5.41) is 20.0. The number of carbonyl (C=O) groups excluding carboxylic acids is 2. The third kappa shape index (κ3) is 18.5. The Bertz CT molecular complexity index is 3720. The summed E-state index contributed by atoms with van der Waals surface area (Å²) in [5.74, 6) is -1.39. The first-order valence-electron chi connectivity index (χ1n) is 29.3. The Morgan fingerprint density at radius 1 is 0.626 bits per heavy atom. The molecule has 0 bridgehead atoms. The number of carboxylic acid groups (broad SMARTS) is 1. The van der Waals surface area contributed by atoms with Gasteiger partial charge in [0.05, 0.1) is 105 Å². The van der Waals surface area contributed by atoms with Crippen LogP contribution in [-0.2, 0) is 91.9 Å². The summed E-state index contributed by atoms with van der Waals surface area (Å²) >= 11 is 2.75. The van der Waals surface area contributed by atoms with Gasteiger partial charge in [-0.05, 0) is 47.2 Å². The topological polar surface area (TPSA) is 262 Å². The van der Waals surface area contributed by atoms with E-state index in [1.807, 2.05) is 201 Å². The van der Waals surface area contributed by atoms with E-state index in [0.717, 1.165) is 51.5 Å². The summed E-state index contributed by atoms with van der Waals surface area (Å²) in [4.78, 5) is 54.4. The van der Waals surface area contributed by atoms with Gasteiger partial charge >= 0.3 is 5.97 Å². The van der Waals surface area contributed by atoms with Gasteiger partial charge in [0, 0.05) is 17.7 Å². The fraction of sp³-hybridized carbons (Fsp3) is 0.286. The highest BCUT2D eigenvalue weighted by molar-refractivity contribution is 7.11. The molecule has 6 aromatic carbocycles. The van der Waals surface area contributed by atoms with E-state index in [1.165, 1.54) is 36.1 Å². The average Bonchev–Trinajstić information content (AvgIpc) is 1.63. The van der Waals surface area contributed by atoms with Crippen LogP contribution in [0.3, 0.4) is 0 Å². The molecule has 2 aliphatic rings. The zero-order chi connectivity index (χ0) is 64.4. The molecule has 19 nitrogen and oxygen atoms in total. The van der Waals surface area contributed by atoms with Crippen LogP contribution in [0.1, 0.15) is 86.5 Å². The van der Waals surface area contributed by atoms with E-state index >= 15 is 0 Å². The van der Waals surface area contributed by atoms with Crippen molar-refractivity contribution in [2.45, 2.75) is 108 Å². The molecule has 0 spiro atoms. The van der Waals surface area contributed by atoms with E-state index in [9.17, 15) is 14.4 Å². The molecule has 91 heavy (non-hydrogen) atoms. The van der Waals surface area contributed by atoms with Crippen LogP contribution in [0, 0.1) is 5.41 Å². The second-order valence-corrected chi connectivity index (χ2v) is 23.2. The summed E-state index contributed by atoms with van der Waals surface area (Å²) < 4.78 is 57.6. The predicted molar refractivity (Wildman–Crippen MR) is 349 cm³/mol. The maximum absolute atomic E-state index is 12.6. The summed E-state index contributed by atoms with van der Waals surface area (Å²) in [6.07, 6.45) is -0.488. The SMILES string of the molecule is CC(=O)O.COC(=O)c1csc(C2O[C@H](COCc3ccccc3)[C@@H](OCc3ccccc3)[C@@]2(C)OCc2ccccc2)c1NC=O.C[C@@]1(OCc2ccccc2)[C@H](OCc2ccccc2)[C@@H](COCc2ccccc2)O[C@H]1c1scc2c(=O)[nH]cnc12.N=CN. The molecule has 0 saturated carbocycles. The Hall–Kier alpha value is -8.58. The van der Waals surface area contributed by atoms with Gasteiger partial charge in [0.15, 0.2) is 0 Å². The number of carboxylic acids is 1. The number of nitrogens with two attached hydrogens (primary N) is 1. The number of nitrogens with one attached hydrogen (secondary N) is 3. The van der Waals surface area contributed by atoms with Gasteiger partial charge in [-0.25, -0.2) is 9.78 Å². The minimum absolute atomic E-state index is 0.179. The number of esters is 1. The van der Waals surface area contributed by atoms with Gasteiger partial charge in [0.25, 0.3) is 11.5 Å². The fourth-order valence-electron chi connectivity index (χ4n) is 10.6. The molecule has 21 heteroatoms. The van der Waals surface area contributed by atoms with Gasteiger partial charge in [-0.2, -0.15) is 0 Å². The Balaban J connectivity index is 0.000000213. The van der Waals surface area contributed by atoms with Crippen LogP contribution in [0.2, 0.25) is 0 Å². The first-order chi connectivity index (χ1) is 44.3. The molecule has 11 rings (SSSR count). The van der Waals surface area contributed by atoms with Gasteiger partial charge in [-0.3, -0.25) is 19.8 Å². The van der Waals surface area contributed by atoms with Crippen LogP contribution in [-0.4, -0.2) is 95.7 Å². The molecule has 1 amide bonds. The number of thiophene rings is 2. The molecule has 2 fully saturated rings. The number of fused-ring (bicyclic) bond motifs is 1. The molecule has 476 valence electrons. The van der Waals surface area contributed by atoms with Gasteiger partial charge in [0.2, 0.25) is 6.41 Å². The Kier molecular flexibility index (Phi) is 26.0. The number of methoxy groups -OCH3 is 1. The quantitative estimate of drug-likeness (QED) is 0.0154. The van der Waals surface area contributed by atoms with Crippen molar-refractivity contribution in [3.63, 3.8) is 0 Å². The second kappa shape index (κ2) is 34.6. The Morgan fingerprint density at radius 2 is 0.989 bits per heavy atom. The third-order valence-corrected chi connectivity index (χ3v) is 17.0. The lowest BCUT2D eigenvalue weighted by atomic mass is 9.90. The monoisotopic (exact) mass is 1270 g/mol. The summed E-state index contributed by atoms with van der Waals surface area (Å²) in [6, 6.07) is 59.9. The second-order valence-electron chi connectivity index (χ2n) is 21.4. The maximum atomic E-state index is 12.6. The number of ether oxygens (including phenoxy) is 9. The molecule has 2 aliphatic heterocycles. The van der Waals surface area contributed by atoms with E-state index in [4.69, 9.17) is 57.9 Å². The number of aromatic amines is 1. The lowest BCUT2D eigenvalue weighted by molar-refractivity contribution is -0.147. The van der Waals surface area contributed by atoms with Crippen LogP contribution in [0.5, 0.6) is 0 Å². The number of rotatable bonds is 25. The smallest absolute Gasteiger partial charge is 0.340 e. The molecule has 1 unspecified atom stereocenters. The molecular formula is C70H75N5O14S2. The van der Waals surface area contributed by atoms with E-state index in [-0.39, 0.29) is 17.7 Å². The Labute approximate surface area is 536 Å². The van der Waals surface area contributed by atoms with Crippen molar-refractivity contribution in [1.29, 1.82) is 5.41 Å². The number of amides is 1. The van der Waals surface area contributed by atoms with Crippen molar-refractivity contribution in [1.82, 2.24) is 9.97 Å². The molecule has 0 radical (unpaired) electrons. The van der Waals surface area contributed by atoms with Crippen molar-refractivity contribution in [3.8, 4) is 0 Å². The highest BCUT2D eigenvalue weighted by Gasteiger charge is 2.59. The van der Waals surface area contributed by atoms with E-state index in [1.54, 1.807) is 5.38 Å². The number of benzene rings is 6. The van der Waals surface area contributed by atoms with Crippen LogP contribution >= 0.6 is 22.7 Å². The van der Waals surface area contributed by atoms with Gasteiger partial charge in [-0.15, -0.1) is 22.7 Å². The average molecular weight is 1270 g/mol. The number of anilines is 1. The number of H-pyrrole nitrogens is 1. The zero-order valence-corrected chi connectivity index (χ0v) is 52.6. The van der Waals surface area contributed by atoms with Gasteiger partial charge in [0.1, 0.15) is 47.8 Å². The molecule has 8 atom stereocenters. The number of aromatic nitrogens is 2. The van der Waals surface area contributed by atoms with E-state index in [0.29, 0.717) is 74.1 Å². The highest BCUT2D eigenvalue weighted by atomic mass is 32.1. The molecule has 5 heterocycles. The normalized spacial score (nSPS) is 20.6. The van der Waals surface area contributed by atoms with Crippen molar-refractivity contribution in [2.24, 2.45) is 5.73 Å². The minimum atomic E-state index is -1.04. The first kappa shape index (κ1) is 68.3. The maximum Gasteiger partial charge on any atom is 0.340 e. The molecule has 3 aromatic heterocycles. The van der Waals surface area contributed by atoms with Crippen LogP contribution in [0.25, 0.3) is 10.9 Å². The number of aliphatic carboxylic acids is 1. The fourth-order valence-corrected chi connectivity index (χ4v) is 12.9. The molecule has 0 aliphatic carbocycles. The zero-order valence-electron chi connectivity index (χ0n) is 50.9. The Morgan fingerprint density at radius 3 is 1.37 bits per heavy atom. The lowest BCUT2D eigenvalue weighted by Gasteiger charge is -2.35. The minimum Gasteiger partial charge on any atom is -0.481 e. The molecular weight excluding hydrogens is 1200 g/mol. The van der Waals surface area contributed by atoms with Crippen molar-refractivity contribution in [2.75, 3.05) is 25.6 Å². The highest BCUT2D eigenvalue weighted by Crippen LogP contribution is 2.52. The molecule has 6 N–H and O–H groups in total. The summed E-state index contributed by atoms with van der Waals surface area (Å²) in [5.41, 5.74) is 9.68. The van der Waals surface area contributed by atoms with Crippen molar-refractivity contribution in [3.05, 3.63) is 258 Å². The number of hydrogen-bond donors (Lipinski definition) is 5. The molecule has 2 saturated heterocycles. The number of hydrogen-bond acceptors (Lipinski definition) is 17. The van der Waals surface area contributed by atoms with Crippen LogP contribution < -0.4 is 16.6 Å².